The second-order valence-electron chi connectivity index (χ2n) is 5.76. The molecule has 2 heterocycles. The van der Waals surface area contributed by atoms with E-state index in [-0.39, 0.29) is 0 Å². The van der Waals surface area contributed by atoms with Crippen LogP contribution in [0.15, 0.2) is 71.6 Å². The van der Waals surface area contributed by atoms with Crippen LogP contribution in [0.5, 0.6) is 5.75 Å². The summed E-state index contributed by atoms with van der Waals surface area (Å²) in [5.41, 5.74) is 2.51. The number of anilines is 2. The lowest BCUT2D eigenvalue weighted by atomic mass is 10.2. The second kappa shape index (κ2) is 7.90. The van der Waals surface area contributed by atoms with Crippen LogP contribution in [0, 0.1) is 0 Å². The molecule has 4 rings (SSSR count). The quantitative estimate of drug-likeness (QED) is 0.426. The van der Waals surface area contributed by atoms with E-state index >= 15 is 0 Å². The highest BCUT2D eigenvalue weighted by atomic mass is 79.9. The Bertz CT molecular complexity index is 1090. The highest BCUT2D eigenvalue weighted by Crippen LogP contribution is 2.31. The maximum atomic E-state index is 6.38. The molecule has 2 aromatic heterocycles. The molecule has 0 bridgehead atoms. The molecule has 0 fully saturated rings. The largest absolute Gasteiger partial charge is 0.486 e. The molecule has 4 aromatic rings. The first-order valence-corrected chi connectivity index (χ1v) is 9.36. The minimum Gasteiger partial charge on any atom is -0.486 e. The van der Waals surface area contributed by atoms with E-state index < -0.39 is 0 Å². The topological polar surface area (TPSA) is 59.9 Å². The molecule has 7 heteroatoms. The van der Waals surface area contributed by atoms with Crippen LogP contribution in [0.2, 0.25) is 5.02 Å². The third-order valence-electron chi connectivity index (χ3n) is 3.89. The molecule has 2 aromatic carbocycles. The van der Waals surface area contributed by atoms with E-state index in [1.54, 1.807) is 12.3 Å². The molecular formula is C20H14BrClN4O. The Kier molecular flexibility index (Phi) is 5.18. The molecule has 0 atom stereocenters. The normalized spacial score (nSPS) is 10.7. The number of pyridine rings is 1. The molecule has 0 unspecified atom stereocenters. The van der Waals surface area contributed by atoms with Gasteiger partial charge in [-0.15, -0.1) is 0 Å². The molecule has 0 aliphatic heterocycles. The Hall–Kier alpha value is -2.70. The fraction of sp³-hybridized carbons (Fsp3) is 0.0500. The molecule has 134 valence electrons. The fourth-order valence-electron chi connectivity index (χ4n) is 2.60. The molecular weight excluding hydrogens is 428 g/mol. The van der Waals surface area contributed by atoms with Crippen LogP contribution in [0.1, 0.15) is 5.69 Å². The summed E-state index contributed by atoms with van der Waals surface area (Å²) in [5.74, 6) is 1.31. The zero-order chi connectivity index (χ0) is 18.6. The van der Waals surface area contributed by atoms with Gasteiger partial charge in [0.15, 0.2) is 0 Å². The predicted octanol–water partition coefficient (Wildman–Crippen LogP) is 5.76. The van der Waals surface area contributed by atoms with E-state index in [0.29, 0.717) is 23.2 Å². The monoisotopic (exact) mass is 440 g/mol. The van der Waals surface area contributed by atoms with E-state index in [1.807, 2.05) is 48.5 Å². The lowest BCUT2D eigenvalue weighted by Gasteiger charge is -2.11. The molecule has 1 N–H and O–H groups in total. The molecule has 0 aliphatic carbocycles. The summed E-state index contributed by atoms with van der Waals surface area (Å²) in [6.45, 7) is 0.359. The van der Waals surface area contributed by atoms with Gasteiger partial charge in [-0.1, -0.05) is 33.6 Å². The van der Waals surface area contributed by atoms with Crippen LogP contribution < -0.4 is 10.1 Å². The van der Waals surface area contributed by atoms with Crippen molar-refractivity contribution in [1.29, 1.82) is 0 Å². The molecule has 0 radical (unpaired) electrons. The first kappa shape index (κ1) is 17.7. The van der Waals surface area contributed by atoms with Crippen molar-refractivity contribution in [1.82, 2.24) is 15.0 Å². The Morgan fingerprint density at radius 1 is 1.00 bits per heavy atom. The van der Waals surface area contributed by atoms with Crippen LogP contribution >= 0.6 is 27.5 Å². The average Bonchev–Trinajstić information content (AvgIpc) is 2.69. The van der Waals surface area contributed by atoms with Crippen molar-refractivity contribution in [3.63, 3.8) is 0 Å². The lowest BCUT2D eigenvalue weighted by molar-refractivity contribution is 0.301. The minimum absolute atomic E-state index is 0.359. The summed E-state index contributed by atoms with van der Waals surface area (Å²) in [6, 6.07) is 17.1. The molecule has 0 saturated heterocycles. The van der Waals surface area contributed by atoms with E-state index in [1.165, 1.54) is 6.33 Å². The van der Waals surface area contributed by atoms with Crippen molar-refractivity contribution in [3.8, 4) is 5.75 Å². The summed E-state index contributed by atoms with van der Waals surface area (Å²) in [4.78, 5) is 12.9. The number of benzene rings is 2. The van der Waals surface area contributed by atoms with Gasteiger partial charge in [-0.3, -0.25) is 4.98 Å². The smallest absolute Gasteiger partial charge is 0.141 e. The van der Waals surface area contributed by atoms with Crippen LogP contribution in [-0.2, 0) is 6.61 Å². The summed E-state index contributed by atoms with van der Waals surface area (Å²) < 4.78 is 6.72. The van der Waals surface area contributed by atoms with Gasteiger partial charge < -0.3 is 10.1 Å². The number of hydrogen-bond acceptors (Lipinski definition) is 5. The second-order valence-corrected chi connectivity index (χ2v) is 7.09. The molecule has 0 saturated carbocycles. The highest BCUT2D eigenvalue weighted by molar-refractivity contribution is 9.10. The predicted molar refractivity (Wildman–Crippen MR) is 111 cm³/mol. The lowest BCUT2D eigenvalue weighted by Crippen LogP contribution is -1.99. The number of fused-ring (bicyclic) bond motifs is 1. The summed E-state index contributed by atoms with van der Waals surface area (Å²) in [7, 11) is 0. The van der Waals surface area contributed by atoms with Crippen LogP contribution in [0.3, 0.4) is 0 Å². The molecule has 0 amide bonds. The standard InChI is InChI=1S/C20H14BrClN4O/c21-13-4-6-18-16(9-13)20(25-12-24-18)26-14-5-7-19(17(22)10-14)27-11-15-3-1-2-8-23-15/h1-10,12H,11H2,(H,24,25,26). The number of nitrogens with one attached hydrogen (secondary N) is 1. The van der Waals surface area contributed by atoms with Gasteiger partial charge >= 0.3 is 0 Å². The van der Waals surface area contributed by atoms with E-state index in [2.05, 4.69) is 36.2 Å². The van der Waals surface area contributed by atoms with Gasteiger partial charge in [0.25, 0.3) is 0 Å². The maximum absolute atomic E-state index is 6.38. The minimum atomic E-state index is 0.359. The van der Waals surface area contributed by atoms with Crippen LogP contribution in [-0.4, -0.2) is 15.0 Å². The highest BCUT2D eigenvalue weighted by Gasteiger charge is 2.08. The number of rotatable bonds is 5. The SMILES string of the molecule is Clc1cc(Nc2ncnc3ccc(Br)cc23)ccc1OCc1ccccn1. The molecule has 27 heavy (non-hydrogen) atoms. The average molecular weight is 442 g/mol. The molecule has 0 spiro atoms. The molecule has 0 aliphatic rings. The van der Waals surface area contributed by atoms with Gasteiger partial charge in [-0.05, 0) is 48.5 Å². The summed E-state index contributed by atoms with van der Waals surface area (Å²) in [5, 5.41) is 4.72. The van der Waals surface area contributed by atoms with Gasteiger partial charge in [0, 0.05) is 21.7 Å². The number of hydrogen-bond donors (Lipinski definition) is 1. The van der Waals surface area contributed by atoms with Gasteiger partial charge in [-0.2, -0.15) is 0 Å². The zero-order valence-corrected chi connectivity index (χ0v) is 16.4. The van der Waals surface area contributed by atoms with Gasteiger partial charge in [0.05, 0.1) is 16.2 Å². The van der Waals surface area contributed by atoms with Gasteiger partial charge in [0.2, 0.25) is 0 Å². The summed E-state index contributed by atoms with van der Waals surface area (Å²) >= 11 is 9.86. The Balaban J connectivity index is 1.54. The number of nitrogens with zero attached hydrogens (tertiary/aromatic N) is 3. The Morgan fingerprint density at radius 2 is 1.93 bits per heavy atom. The van der Waals surface area contributed by atoms with Gasteiger partial charge in [-0.25, -0.2) is 9.97 Å². The molecule has 5 nitrogen and oxygen atoms in total. The van der Waals surface area contributed by atoms with Crippen molar-refractivity contribution in [2.24, 2.45) is 0 Å². The first-order chi connectivity index (χ1) is 13.2. The van der Waals surface area contributed by atoms with Crippen molar-refractivity contribution in [2.75, 3.05) is 5.32 Å². The third kappa shape index (κ3) is 4.18. The maximum Gasteiger partial charge on any atom is 0.141 e. The number of aromatic nitrogens is 3. The van der Waals surface area contributed by atoms with E-state index in [4.69, 9.17) is 16.3 Å². The fourth-order valence-corrected chi connectivity index (χ4v) is 3.19. The van der Waals surface area contributed by atoms with Gasteiger partial charge in [0.1, 0.15) is 24.5 Å². The van der Waals surface area contributed by atoms with Crippen LogP contribution in [0.25, 0.3) is 10.9 Å². The summed E-state index contributed by atoms with van der Waals surface area (Å²) in [6.07, 6.45) is 3.27. The number of halogens is 2. The first-order valence-electron chi connectivity index (χ1n) is 8.18. The Morgan fingerprint density at radius 3 is 2.74 bits per heavy atom. The van der Waals surface area contributed by atoms with Crippen LogP contribution in [0.4, 0.5) is 11.5 Å². The van der Waals surface area contributed by atoms with Crippen molar-refractivity contribution in [2.45, 2.75) is 6.61 Å². The Labute approximate surface area is 169 Å². The van der Waals surface area contributed by atoms with Crippen molar-refractivity contribution in [3.05, 3.63) is 82.3 Å². The van der Waals surface area contributed by atoms with Crippen molar-refractivity contribution >= 4 is 49.9 Å². The van der Waals surface area contributed by atoms with E-state index in [9.17, 15) is 0 Å². The number of ether oxygens (including phenoxy) is 1. The van der Waals surface area contributed by atoms with Crippen molar-refractivity contribution < 1.29 is 4.74 Å². The zero-order valence-electron chi connectivity index (χ0n) is 14.1. The third-order valence-corrected chi connectivity index (χ3v) is 4.68. The van der Waals surface area contributed by atoms with E-state index in [0.717, 1.165) is 26.8 Å².